The summed E-state index contributed by atoms with van der Waals surface area (Å²) in [7, 11) is -11.6. The van der Waals surface area contributed by atoms with Crippen LogP contribution in [0.2, 0.25) is 0 Å². The number of ether oxygens (including phenoxy) is 1. The first kappa shape index (κ1) is 40.9. The second-order valence-electron chi connectivity index (χ2n) is 8.98. The monoisotopic (exact) mass is 802 g/mol. The van der Waals surface area contributed by atoms with Gasteiger partial charge in [0.15, 0.2) is 32.0 Å². The van der Waals surface area contributed by atoms with Gasteiger partial charge in [-0.15, -0.1) is 29.1 Å². The topological polar surface area (TPSA) is 329 Å². The number of nitrogens with zero attached hydrogens (tertiary/aromatic N) is 4. The number of rotatable bonds is 20. The van der Waals surface area contributed by atoms with Crippen molar-refractivity contribution in [3.63, 3.8) is 0 Å². The van der Waals surface area contributed by atoms with Gasteiger partial charge in [0.25, 0.3) is 0 Å². The van der Waals surface area contributed by atoms with Gasteiger partial charge in [0.2, 0.25) is 0 Å². The molecule has 0 saturated heterocycles. The molecule has 0 aliphatic heterocycles. The van der Waals surface area contributed by atoms with Gasteiger partial charge in [0.1, 0.15) is 28.5 Å². The maximum absolute atomic E-state index is 12.8. The van der Waals surface area contributed by atoms with Gasteiger partial charge in [-0.3, -0.25) is 8.74 Å². The number of benzene rings is 3. The summed E-state index contributed by atoms with van der Waals surface area (Å²) in [5.74, 6) is -1.13. The van der Waals surface area contributed by atoms with Crippen molar-refractivity contribution >= 4 is 88.6 Å². The number of anilines is 2. The van der Waals surface area contributed by atoms with E-state index in [0.29, 0.717) is 12.0 Å². The van der Waals surface area contributed by atoms with E-state index in [4.69, 9.17) is 35.5 Å². The first-order valence-corrected chi connectivity index (χ1v) is 19.0. The Hall–Kier alpha value is -3.55. The Bertz CT molecular complexity index is 2030. The second kappa shape index (κ2) is 18.6. The summed E-state index contributed by atoms with van der Waals surface area (Å²) in [6.07, 6.45) is 0. The van der Waals surface area contributed by atoms with Gasteiger partial charge in [-0.25, -0.2) is 31.5 Å². The van der Waals surface area contributed by atoms with Crippen molar-refractivity contribution in [3.8, 4) is 5.75 Å². The lowest BCUT2D eigenvalue weighted by molar-refractivity contribution is -0.434. The van der Waals surface area contributed by atoms with E-state index in [1.54, 1.807) is 0 Å². The van der Waals surface area contributed by atoms with Crippen molar-refractivity contribution in [1.29, 1.82) is 0 Å². The van der Waals surface area contributed by atoms with Crippen molar-refractivity contribution in [2.24, 2.45) is 20.5 Å². The largest absolute Gasteiger partial charge is 0.494 e. The van der Waals surface area contributed by atoms with E-state index in [-0.39, 0.29) is 73.5 Å². The van der Waals surface area contributed by atoms with E-state index in [0.717, 1.165) is 12.1 Å². The van der Waals surface area contributed by atoms with Crippen LogP contribution < -0.4 is 16.2 Å². The molecule has 3 rings (SSSR count). The van der Waals surface area contributed by atoms with Gasteiger partial charge in [0, 0.05) is 0 Å². The van der Waals surface area contributed by atoms with Gasteiger partial charge in [-0.1, -0.05) is 10.1 Å². The Morgan fingerprint density at radius 1 is 0.700 bits per heavy atom. The van der Waals surface area contributed by atoms with E-state index in [2.05, 4.69) is 43.4 Å². The van der Waals surface area contributed by atoms with Crippen LogP contribution in [0.4, 0.5) is 34.1 Å². The number of sulfone groups is 2. The summed E-state index contributed by atoms with van der Waals surface area (Å²) in [6.45, 7) is -1.19. The van der Waals surface area contributed by atoms with Crippen molar-refractivity contribution in [3.05, 3.63) is 48.5 Å². The van der Waals surface area contributed by atoms with Gasteiger partial charge in [-0.05, 0) is 48.5 Å². The summed E-state index contributed by atoms with van der Waals surface area (Å²) in [6, 6.07) is 9.81. The molecule has 3 aromatic rings. The molecule has 0 fully saturated rings. The zero-order valence-electron chi connectivity index (χ0n) is 25.1. The molecule has 0 amide bonds. The minimum absolute atomic E-state index is 0.00708. The summed E-state index contributed by atoms with van der Waals surface area (Å²) in [5, 5.41) is 39.9. The summed E-state index contributed by atoms with van der Waals surface area (Å²) in [5.41, 5.74) is 12.2. The van der Waals surface area contributed by atoms with E-state index >= 15 is 0 Å². The molecule has 0 spiro atoms. The fourth-order valence-electron chi connectivity index (χ4n) is 3.53. The molecule has 7 N–H and O–H groups in total. The molecule has 0 radical (unpaired) electrons. The minimum Gasteiger partial charge on any atom is -0.494 e. The third-order valence-corrected chi connectivity index (χ3v) is 10.6. The quantitative estimate of drug-likeness (QED) is 0.0200. The van der Waals surface area contributed by atoms with Crippen LogP contribution in [0.5, 0.6) is 5.75 Å². The van der Waals surface area contributed by atoms with Crippen LogP contribution in [0.3, 0.4) is 0 Å². The van der Waals surface area contributed by atoms with Crippen LogP contribution in [0.1, 0.15) is 0 Å². The highest BCUT2D eigenvalue weighted by Gasteiger charge is 2.20. The normalized spacial score (nSPS) is 12.6. The minimum atomic E-state index is -4.87. The van der Waals surface area contributed by atoms with Crippen LogP contribution in [-0.2, 0) is 57.2 Å². The molecular weight excluding hydrogens is 777 g/mol. The molecule has 0 aliphatic carbocycles. The summed E-state index contributed by atoms with van der Waals surface area (Å²) in [4.78, 5) is -0.529. The van der Waals surface area contributed by atoms with Crippen LogP contribution in [0.25, 0.3) is 0 Å². The van der Waals surface area contributed by atoms with Gasteiger partial charge >= 0.3 is 10.4 Å². The number of hydrogen-bond donors (Lipinski definition) is 5. The third kappa shape index (κ3) is 12.3. The van der Waals surface area contributed by atoms with E-state index in [1.807, 2.05) is 0 Å². The number of nitrogen functional groups attached to an aromatic ring is 2. The Balaban J connectivity index is 1.90. The summed E-state index contributed by atoms with van der Waals surface area (Å²) < 4.78 is 104. The van der Waals surface area contributed by atoms with Crippen molar-refractivity contribution < 1.29 is 72.2 Å². The van der Waals surface area contributed by atoms with Crippen molar-refractivity contribution in [2.45, 2.75) is 14.7 Å². The van der Waals surface area contributed by atoms with Crippen LogP contribution in [0.15, 0.2) is 83.7 Å². The fraction of sp³-hybridized carbons (Fsp3) is 0.217. The first-order chi connectivity index (χ1) is 23.6. The van der Waals surface area contributed by atoms with E-state index in [1.165, 1.54) is 43.5 Å². The standard InChI is InChI=1S/C23H26N6O16S5/c1-39-22-5-3-14(48(32,33)8-6-40-47-45-43-31)10-21(22)29-28-20-13-19(16(24)12-17(20)25)27-26-18-4-2-15(11-23(18)46-44-42-30)49(34,35)9-7-41-50(36,37)38/h2-5,10-13,30-31H,6-9,24-25H2,1H3,(H,36,37,38)/b27-26+,29-28+. The van der Waals surface area contributed by atoms with Crippen molar-refractivity contribution in [1.82, 2.24) is 0 Å². The number of azo groups is 2. The fourth-order valence-corrected chi connectivity index (χ4v) is 7.01. The molecule has 0 bridgehead atoms. The van der Waals surface area contributed by atoms with Crippen LogP contribution in [-0.4, -0.2) is 72.1 Å². The van der Waals surface area contributed by atoms with E-state index in [9.17, 15) is 25.3 Å². The van der Waals surface area contributed by atoms with Crippen LogP contribution in [0, 0.1) is 0 Å². The molecule has 22 nitrogen and oxygen atoms in total. The maximum Gasteiger partial charge on any atom is 0.397 e. The van der Waals surface area contributed by atoms with Crippen LogP contribution >= 0.6 is 24.4 Å². The van der Waals surface area contributed by atoms with Crippen molar-refractivity contribution in [2.75, 3.05) is 43.3 Å². The van der Waals surface area contributed by atoms with E-state index < -0.39 is 48.2 Å². The Labute approximate surface area is 292 Å². The summed E-state index contributed by atoms with van der Waals surface area (Å²) >= 11 is 0.569. The number of nitrogens with two attached hydrogens (primary N) is 2. The smallest absolute Gasteiger partial charge is 0.397 e. The average molecular weight is 803 g/mol. The average Bonchev–Trinajstić information content (AvgIpc) is 3.05. The Morgan fingerprint density at radius 3 is 1.86 bits per heavy atom. The molecule has 0 atom stereocenters. The zero-order valence-corrected chi connectivity index (χ0v) is 29.2. The SMILES string of the molecule is COc1ccc(S(=O)(=O)CCOSOOO)cc1/N=N/c1cc(/N=N/c2ccc(S(=O)(=O)CCOS(=O)(=O)O)cc2SOOO)c(N)cc1N. The molecule has 274 valence electrons. The molecule has 0 aromatic heterocycles. The molecule has 0 unspecified atom stereocenters. The predicted molar refractivity (Wildman–Crippen MR) is 174 cm³/mol. The molecule has 3 aromatic carbocycles. The highest BCUT2D eigenvalue weighted by molar-refractivity contribution is 7.95. The molecule has 27 heteroatoms. The molecule has 50 heavy (non-hydrogen) atoms. The lowest BCUT2D eigenvalue weighted by Gasteiger charge is -2.09. The maximum atomic E-state index is 12.8. The molecule has 0 saturated carbocycles. The third-order valence-electron chi connectivity index (χ3n) is 5.79. The highest BCUT2D eigenvalue weighted by Crippen LogP contribution is 2.39. The molecule has 0 heterocycles. The first-order valence-electron chi connectivity index (χ1n) is 12.9. The highest BCUT2D eigenvalue weighted by atomic mass is 32.3. The number of methoxy groups -OCH3 is 1. The second-order valence-corrected chi connectivity index (χ2v) is 15.5. The van der Waals surface area contributed by atoms with Gasteiger partial charge in [0.05, 0.1) is 69.9 Å². The van der Waals surface area contributed by atoms with Gasteiger partial charge in [-0.2, -0.15) is 8.42 Å². The molecule has 0 aliphatic rings. The Morgan fingerprint density at radius 2 is 1.26 bits per heavy atom. The van der Waals surface area contributed by atoms with Gasteiger partial charge < -0.3 is 16.2 Å². The Kier molecular flexibility index (Phi) is 15.2. The molecular formula is C23H26N6O16S5. The number of hydrogen-bond acceptors (Lipinski definition) is 23. The zero-order chi connectivity index (χ0) is 37.0. The predicted octanol–water partition coefficient (Wildman–Crippen LogP) is 4.49. The lowest BCUT2D eigenvalue weighted by Crippen LogP contribution is -2.15. The lowest BCUT2D eigenvalue weighted by atomic mass is 10.2.